The fraction of sp³-hybridized carbons (Fsp3) is 0.0714. The number of nitrogens with zero attached hydrogens (tertiary/aromatic N) is 1. The summed E-state index contributed by atoms with van der Waals surface area (Å²) in [6.45, 7) is 1.86. The van der Waals surface area contributed by atoms with Crippen LogP contribution in [0.1, 0.15) is 20.8 Å². The Bertz CT molecular complexity index is 677. The number of amides is 1. The third-order valence-electron chi connectivity index (χ3n) is 2.51. The molecule has 0 unspecified atom stereocenters. The Labute approximate surface area is 119 Å². The molecular formula is C14H12N2O3S. The molecule has 2 aromatic heterocycles. The lowest BCUT2D eigenvalue weighted by Crippen LogP contribution is -2.12. The van der Waals surface area contributed by atoms with Crippen LogP contribution in [-0.2, 0) is 4.79 Å². The largest absolute Gasteiger partial charge is 0.478 e. The number of aryl methyl sites for hydroxylation is 1. The quantitative estimate of drug-likeness (QED) is 0.848. The standard InChI is InChI=1S/C14H12N2O3S/c1-9-3-2-6-15-13(9)16-14(19)10-7-11(20-8-10)4-5-12(17)18/h2-8H,1H3,(H,17,18)(H,15,16,19). The number of carboxylic acid groups (broad SMARTS) is 1. The van der Waals surface area contributed by atoms with Crippen molar-refractivity contribution < 1.29 is 14.7 Å². The summed E-state index contributed by atoms with van der Waals surface area (Å²) in [4.78, 5) is 27.2. The van der Waals surface area contributed by atoms with Gasteiger partial charge in [-0.1, -0.05) is 6.07 Å². The van der Waals surface area contributed by atoms with Crippen molar-refractivity contribution in [2.24, 2.45) is 0 Å². The van der Waals surface area contributed by atoms with E-state index in [2.05, 4.69) is 10.3 Å². The molecule has 0 aliphatic rings. The third kappa shape index (κ3) is 3.52. The van der Waals surface area contributed by atoms with Crippen molar-refractivity contribution in [3.63, 3.8) is 0 Å². The summed E-state index contributed by atoms with van der Waals surface area (Å²) >= 11 is 1.30. The van der Waals surface area contributed by atoms with Gasteiger partial charge in [-0.2, -0.15) is 0 Å². The van der Waals surface area contributed by atoms with E-state index in [9.17, 15) is 9.59 Å². The Balaban J connectivity index is 2.10. The van der Waals surface area contributed by atoms with E-state index in [1.54, 1.807) is 23.7 Å². The van der Waals surface area contributed by atoms with Gasteiger partial charge >= 0.3 is 5.97 Å². The number of aliphatic carboxylic acids is 1. The van der Waals surface area contributed by atoms with E-state index >= 15 is 0 Å². The Kier molecular flexibility index (Phi) is 4.27. The van der Waals surface area contributed by atoms with Gasteiger partial charge in [0.2, 0.25) is 0 Å². The van der Waals surface area contributed by atoms with Gasteiger partial charge in [-0.3, -0.25) is 4.79 Å². The van der Waals surface area contributed by atoms with Gasteiger partial charge in [-0.15, -0.1) is 11.3 Å². The fourth-order valence-electron chi connectivity index (χ4n) is 1.51. The summed E-state index contributed by atoms with van der Waals surface area (Å²) in [6, 6.07) is 5.29. The maximum absolute atomic E-state index is 12.0. The third-order valence-corrected chi connectivity index (χ3v) is 3.41. The molecule has 0 aliphatic heterocycles. The van der Waals surface area contributed by atoms with Crippen LogP contribution in [0.15, 0.2) is 35.9 Å². The zero-order valence-electron chi connectivity index (χ0n) is 10.7. The number of nitrogens with one attached hydrogen (secondary N) is 1. The molecular weight excluding hydrogens is 276 g/mol. The van der Waals surface area contributed by atoms with Crippen LogP contribution < -0.4 is 5.32 Å². The van der Waals surface area contributed by atoms with E-state index in [0.29, 0.717) is 16.3 Å². The first-order valence-corrected chi connectivity index (χ1v) is 6.67. The maximum atomic E-state index is 12.0. The lowest BCUT2D eigenvalue weighted by molar-refractivity contribution is -0.131. The first kappa shape index (κ1) is 14.0. The number of hydrogen-bond acceptors (Lipinski definition) is 4. The molecule has 20 heavy (non-hydrogen) atoms. The summed E-state index contributed by atoms with van der Waals surface area (Å²) in [5, 5.41) is 12.9. The monoisotopic (exact) mass is 288 g/mol. The fourth-order valence-corrected chi connectivity index (χ4v) is 2.29. The molecule has 0 atom stereocenters. The number of pyridine rings is 1. The Hall–Kier alpha value is -2.47. The van der Waals surface area contributed by atoms with E-state index in [0.717, 1.165) is 11.6 Å². The number of aromatic nitrogens is 1. The molecule has 0 bridgehead atoms. The predicted molar refractivity (Wildman–Crippen MR) is 77.9 cm³/mol. The van der Waals surface area contributed by atoms with Gasteiger partial charge in [0, 0.05) is 22.5 Å². The molecule has 0 saturated heterocycles. The molecule has 0 aliphatic carbocycles. The second-order valence-electron chi connectivity index (χ2n) is 4.03. The highest BCUT2D eigenvalue weighted by Gasteiger charge is 2.10. The van der Waals surface area contributed by atoms with Gasteiger partial charge in [0.25, 0.3) is 5.91 Å². The van der Waals surface area contributed by atoms with E-state index in [1.165, 1.54) is 17.4 Å². The molecule has 2 N–H and O–H groups in total. The second-order valence-corrected chi connectivity index (χ2v) is 4.98. The van der Waals surface area contributed by atoms with Gasteiger partial charge in [-0.25, -0.2) is 9.78 Å². The van der Waals surface area contributed by atoms with Gasteiger partial charge in [0.15, 0.2) is 0 Å². The first-order chi connectivity index (χ1) is 9.56. The highest BCUT2D eigenvalue weighted by molar-refractivity contribution is 7.11. The van der Waals surface area contributed by atoms with Crippen molar-refractivity contribution in [3.05, 3.63) is 51.9 Å². The highest BCUT2D eigenvalue weighted by Crippen LogP contribution is 2.18. The van der Waals surface area contributed by atoms with Crippen LogP contribution in [0.3, 0.4) is 0 Å². The number of carboxylic acids is 1. The van der Waals surface area contributed by atoms with Crippen LogP contribution in [0.4, 0.5) is 5.82 Å². The minimum atomic E-state index is -1.02. The SMILES string of the molecule is Cc1cccnc1NC(=O)c1csc(C=CC(=O)O)c1. The first-order valence-electron chi connectivity index (χ1n) is 5.79. The topological polar surface area (TPSA) is 79.3 Å². The number of carbonyl (C=O) groups is 2. The number of hydrogen-bond donors (Lipinski definition) is 2. The van der Waals surface area contributed by atoms with E-state index in [4.69, 9.17) is 5.11 Å². The zero-order chi connectivity index (χ0) is 14.5. The summed E-state index contributed by atoms with van der Waals surface area (Å²) in [5.74, 6) is -0.766. The van der Waals surface area contributed by atoms with Crippen LogP contribution >= 0.6 is 11.3 Å². The van der Waals surface area contributed by atoms with E-state index in [-0.39, 0.29) is 5.91 Å². The average Bonchev–Trinajstić information content (AvgIpc) is 2.88. The summed E-state index contributed by atoms with van der Waals surface area (Å²) < 4.78 is 0. The normalized spacial score (nSPS) is 10.7. The molecule has 5 nitrogen and oxygen atoms in total. The second kappa shape index (κ2) is 6.12. The molecule has 0 radical (unpaired) electrons. The van der Waals surface area contributed by atoms with Crippen molar-refractivity contribution in [1.82, 2.24) is 4.98 Å². The van der Waals surface area contributed by atoms with Crippen molar-refractivity contribution in [3.8, 4) is 0 Å². The summed E-state index contributed by atoms with van der Waals surface area (Å²) in [6.07, 6.45) is 4.10. The van der Waals surface area contributed by atoms with Crippen molar-refractivity contribution in [2.45, 2.75) is 6.92 Å². The van der Waals surface area contributed by atoms with Crippen molar-refractivity contribution in [1.29, 1.82) is 0 Å². The minimum absolute atomic E-state index is 0.266. The molecule has 2 rings (SSSR count). The molecule has 0 fully saturated rings. The number of anilines is 1. The number of thiophene rings is 1. The van der Waals surface area contributed by atoms with Crippen molar-refractivity contribution >= 4 is 35.1 Å². The van der Waals surface area contributed by atoms with Crippen LogP contribution in [-0.4, -0.2) is 22.0 Å². The zero-order valence-corrected chi connectivity index (χ0v) is 11.5. The number of carbonyl (C=O) groups excluding carboxylic acids is 1. The van der Waals surface area contributed by atoms with Gasteiger partial charge in [-0.05, 0) is 30.7 Å². The maximum Gasteiger partial charge on any atom is 0.328 e. The van der Waals surface area contributed by atoms with Gasteiger partial charge in [0.05, 0.1) is 5.56 Å². The molecule has 2 heterocycles. The molecule has 102 valence electrons. The van der Waals surface area contributed by atoms with Crippen molar-refractivity contribution in [2.75, 3.05) is 5.32 Å². The van der Waals surface area contributed by atoms with E-state index in [1.807, 2.05) is 13.0 Å². The van der Waals surface area contributed by atoms with Crippen LogP contribution in [0.2, 0.25) is 0 Å². The molecule has 6 heteroatoms. The molecule has 0 spiro atoms. The summed E-state index contributed by atoms with van der Waals surface area (Å²) in [5.41, 5.74) is 1.35. The minimum Gasteiger partial charge on any atom is -0.478 e. The predicted octanol–water partition coefficient (Wildman–Crippen LogP) is 2.80. The van der Waals surface area contributed by atoms with Crippen LogP contribution in [0.5, 0.6) is 0 Å². The Morgan fingerprint density at radius 1 is 1.45 bits per heavy atom. The van der Waals surface area contributed by atoms with Gasteiger partial charge in [0.1, 0.15) is 5.82 Å². The van der Waals surface area contributed by atoms with Crippen LogP contribution in [0, 0.1) is 6.92 Å². The van der Waals surface area contributed by atoms with Crippen LogP contribution in [0.25, 0.3) is 6.08 Å². The number of rotatable bonds is 4. The molecule has 0 aromatic carbocycles. The Morgan fingerprint density at radius 3 is 2.95 bits per heavy atom. The van der Waals surface area contributed by atoms with Gasteiger partial charge < -0.3 is 10.4 Å². The molecule has 2 aromatic rings. The summed E-state index contributed by atoms with van der Waals surface area (Å²) in [7, 11) is 0. The average molecular weight is 288 g/mol. The lowest BCUT2D eigenvalue weighted by Gasteiger charge is -2.05. The Morgan fingerprint density at radius 2 is 2.25 bits per heavy atom. The molecule has 0 saturated carbocycles. The lowest BCUT2D eigenvalue weighted by atomic mass is 10.2. The smallest absolute Gasteiger partial charge is 0.328 e. The van der Waals surface area contributed by atoms with E-state index < -0.39 is 5.97 Å². The highest BCUT2D eigenvalue weighted by atomic mass is 32.1. The molecule has 1 amide bonds.